The maximum atomic E-state index is 6.07. The van der Waals surface area contributed by atoms with Gasteiger partial charge in [0.15, 0.2) is 5.79 Å². The minimum absolute atomic E-state index is 0.0191. The van der Waals surface area contributed by atoms with Gasteiger partial charge in [-0.3, -0.25) is 0 Å². The number of hydrogen-bond donors (Lipinski definition) is 0. The molecule has 1 heterocycles. The molecule has 1 saturated carbocycles. The van der Waals surface area contributed by atoms with E-state index in [0.717, 1.165) is 26.1 Å². The molecule has 1 aliphatic carbocycles. The highest BCUT2D eigenvalue weighted by Crippen LogP contribution is 2.49. The van der Waals surface area contributed by atoms with E-state index in [4.69, 9.17) is 9.47 Å². The molecule has 1 unspecified atom stereocenters. The van der Waals surface area contributed by atoms with Crippen LogP contribution in [0.5, 0.6) is 0 Å². The van der Waals surface area contributed by atoms with E-state index in [2.05, 4.69) is 36.7 Å². The van der Waals surface area contributed by atoms with Crippen molar-refractivity contribution < 1.29 is 9.47 Å². The Hall–Kier alpha value is 0.400. The van der Waals surface area contributed by atoms with Crippen molar-refractivity contribution in [2.75, 3.05) is 13.2 Å². The molecule has 0 aromatic rings. The van der Waals surface area contributed by atoms with Crippen LogP contribution in [-0.2, 0) is 9.47 Å². The van der Waals surface area contributed by atoms with E-state index >= 15 is 0 Å². The molecular weight excluding hydrogens is 256 g/mol. The second-order valence-electron chi connectivity index (χ2n) is 5.90. The van der Waals surface area contributed by atoms with Crippen molar-refractivity contribution in [3.63, 3.8) is 0 Å². The molecule has 15 heavy (non-hydrogen) atoms. The standard InChI is InChI=1S/C12H21BrO2/c1-10(2)8-14-12(15-9-10)7-5-4-6-11(12,3)13/h4-9H2,1-3H3. The Balaban J connectivity index is 2.13. The van der Waals surface area contributed by atoms with Gasteiger partial charge in [-0.1, -0.05) is 36.2 Å². The van der Waals surface area contributed by atoms with E-state index in [1.165, 1.54) is 12.8 Å². The summed E-state index contributed by atoms with van der Waals surface area (Å²) in [6, 6.07) is 0. The van der Waals surface area contributed by atoms with Crippen molar-refractivity contribution in [2.24, 2.45) is 5.41 Å². The molecule has 2 nitrogen and oxygen atoms in total. The SMILES string of the molecule is CC1(C)COC2(CCCCC2(C)Br)OC1. The lowest BCUT2D eigenvalue weighted by Gasteiger charge is -2.52. The Morgan fingerprint density at radius 3 is 2.00 bits per heavy atom. The van der Waals surface area contributed by atoms with E-state index in [0.29, 0.717) is 0 Å². The number of alkyl halides is 1. The summed E-state index contributed by atoms with van der Waals surface area (Å²) in [4.78, 5) is 0. The molecule has 88 valence electrons. The first-order chi connectivity index (χ1) is 6.87. The maximum absolute atomic E-state index is 6.07. The summed E-state index contributed by atoms with van der Waals surface area (Å²) in [6.45, 7) is 8.18. The van der Waals surface area contributed by atoms with E-state index in [1.54, 1.807) is 0 Å². The number of halogens is 1. The molecule has 1 saturated heterocycles. The minimum atomic E-state index is -0.374. The van der Waals surface area contributed by atoms with Gasteiger partial charge < -0.3 is 9.47 Å². The third kappa shape index (κ3) is 2.11. The highest BCUT2D eigenvalue weighted by molar-refractivity contribution is 9.10. The van der Waals surface area contributed by atoms with Gasteiger partial charge in [0.1, 0.15) is 0 Å². The highest BCUT2D eigenvalue weighted by atomic mass is 79.9. The molecule has 1 spiro atoms. The fourth-order valence-electron chi connectivity index (χ4n) is 2.42. The molecule has 1 aliphatic heterocycles. The molecule has 3 heteroatoms. The van der Waals surface area contributed by atoms with Crippen LogP contribution in [0.15, 0.2) is 0 Å². The normalized spacial score (nSPS) is 39.2. The van der Waals surface area contributed by atoms with Crippen LogP contribution in [0.2, 0.25) is 0 Å². The number of hydrogen-bond acceptors (Lipinski definition) is 2. The first kappa shape index (κ1) is 11.9. The first-order valence-electron chi connectivity index (χ1n) is 5.84. The van der Waals surface area contributed by atoms with Crippen molar-refractivity contribution in [1.29, 1.82) is 0 Å². The molecule has 0 bridgehead atoms. The number of rotatable bonds is 0. The van der Waals surface area contributed by atoms with Crippen LogP contribution in [0.25, 0.3) is 0 Å². The lowest BCUT2D eigenvalue weighted by Crippen LogP contribution is -2.59. The van der Waals surface area contributed by atoms with Crippen LogP contribution in [0.4, 0.5) is 0 Å². The molecular formula is C12H21BrO2. The first-order valence-corrected chi connectivity index (χ1v) is 6.63. The fraction of sp³-hybridized carbons (Fsp3) is 1.00. The van der Waals surface area contributed by atoms with Crippen LogP contribution >= 0.6 is 15.9 Å². The van der Waals surface area contributed by atoms with Crippen LogP contribution < -0.4 is 0 Å². The quantitative estimate of drug-likeness (QED) is 0.631. The third-order valence-electron chi connectivity index (χ3n) is 3.59. The van der Waals surface area contributed by atoms with Crippen molar-refractivity contribution in [3.8, 4) is 0 Å². The monoisotopic (exact) mass is 276 g/mol. The highest BCUT2D eigenvalue weighted by Gasteiger charge is 2.53. The lowest BCUT2D eigenvalue weighted by molar-refractivity contribution is -0.319. The summed E-state index contributed by atoms with van der Waals surface area (Å²) in [6.07, 6.45) is 4.62. The molecule has 0 aromatic carbocycles. The molecule has 0 radical (unpaired) electrons. The summed E-state index contributed by atoms with van der Waals surface area (Å²) in [7, 11) is 0. The van der Waals surface area contributed by atoms with Crippen LogP contribution in [-0.4, -0.2) is 23.3 Å². The summed E-state index contributed by atoms with van der Waals surface area (Å²) < 4.78 is 12.1. The van der Waals surface area contributed by atoms with Gasteiger partial charge in [0.2, 0.25) is 0 Å². The summed E-state index contributed by atoms with van der Waals surface area (Å²) in [5.41, 5.74) is 0.159. The molecule has 2 rings (SSSR count). The Morgan fingerprint density at radius 1 is 0.933 bits per heavy atom. The predicted molar refractivity (Wildman–Crippen MR) is 64.2 cm³/mol. The van der Waals surface area contributed by atoms with Gasteiger partial charge >= 0.3 is 0 Å². The predicted octanol–water partition coefficient (Wildman–Crippen LogP) is 3.48. The largest absolute Gasteiger partial charge is 0.348 e. The van der Waals surface area contributed by atoms with Crippen molar-refractivity contribution in [2.45, 2.75) is 56.6 Å². The van der Waals surface area contributed by atoms with Crippen molar-refractivity contribution in [3.05, 3.63) is 0 Å². The molecule has 0 aromatic heterocycles. The lowest BCUT2D eigenvalue weighted by atomic mass is 9.82. The molecule has 2 fully saturated rings. The maximum Gasteiger partial charge on any atom is 0.183 e. The van der Waals surface area contributed by atoms with E-state index in [9.17, 15) is 0 Å². The minimum Gasteiger partial charge on any atom is -0.348 e. The zero-order chi connectivity index (χ0) is 11.2. The van der Waals surface area contributed by atoms with Gasteiger partial charge in [-0.25, -0.2) is 0 Å². The van der Waals surface area contributed by atoms with Crippen molar-refractivity contribution >= 4 is 15.9 Å². The topological polar surface area (TPSA) is 18.5 Å². The van der Waals surface area contributed by atoms with Crippen LogP contribution in [0, 0.1) is 5.41 Å². The van der Waals surface area contributed by atoms with Gasteiger partial charge in [-0.2, -0.15) is 0 Å². The second kappa shape index (κ2) is 3.71. The van der Waals surface area contributed by atoms with Gasteiger partial charge in [-0.15, -0.1) is 0 Å². The van der Waals surface area contributed by atoms with Gasteiger partial charge in [0.25, 0.3) is 0 Å². The number of ether oxygens (including phenoxy) is 2. The Morgan fingerprint density at radius 2 is 1.47 bits per heavy atom. The Labute approximate surface area is 101 Å². The zero-order valence-corrected chi connectivity index (χ0v) is 11.5. The molecule has 1 atom stereocenters. The molecule has 2 aliphatic rings. The third-order valence-corrected chi connectivity index (χ3v) is 4.59. The zero-order valence-electron chi connectivity index (χ0n) is 9.94. The Kier molecular flexibility index (Phi) is 2.94. The Bertz CT molecular complexity index is 238. The average Bonchev–Trinajstić information content (AvgIpc) is 2.14. The van der Waals surface area contributed by atoms with Gasteiger partial charge in [-0.05, 0) is 19.8 Å². The van der Waals surface area contributed by atoms with E-state index in [1.807, 2.05) is 0 Å². The molecule has 0 amide bonds. The van der Waals surface area contributed by atoms with Crippen LogP contribution in [0.3, 0.4) is 0 Å². The second-order valence-corrected chi connectivity index (χ2v) is 7.65. The average molecular weight is 277 g/mol. The summed E-state index contributed by atoms with van der Waals surface area (Å²) >= 11 is 3.80. The summed E-state index contributed by atoms with van der Waals surface area (Å²) in [5, 5.41) is 0. The van der Waals surface area contributed by atoms with Crippen LogP contribution in [0.1, 0.15) is 46.5 Å². The van der Waals surface area contributed by atoms with E-state index in [-0.39, 0.29) is 15.5 Å². The van der Waals surface area contributed by atoms with E-state index < -0.39 is 0 Å². The smallest absolute Gasteiger partial charge is 0.183 e. The van der Waals surface area contributed by atoms with Gasteiger partial charge in [0, 0.05) is 11.8 Å². The molecule has 0 N–H and O–H groups in total. The van der Waals surface area contributed by atoms with Crippen molar-refractivity contribution in [1.82, 2.24) is 0 Å². The summed E-state index contributed by atoms with van der Waals surface area (Å²) in [5.74, 6) is -0.374. The van der Waals surface area contributed by atoms with Gasteiger partial charge in [0.05, 0.1) is 17.5 Å². The fourth-order valence-corrected chi connectivity index (χ4v) is 3.13.